The van der Waals surface area contributed by atoms with Crippen molar-refractivity contribution in [1.29, 1.82) is 0 Å². The monoisotopic (exact) mass is 321 g/mol. The highest BCUT2D eigenvalue weighted by Gasteiger charge is 2.20. The number of hydrogen-bond acceptors (Lipinski definition) is 2. The Labute approximate surface area is 146 Å². The highest BCUT2D eigenvalue weighted by Crippen LogP contribution is 2.43. The molecular formula is C23H15NO. The van der Waals surface area contributed by atoms with Crippen LogP contribution >= 0.6 is 0 Å². The molecule has 0 saturated heterocycles. The predicted molar refractivity (Wildman–Crippen MR) is 103 cm³/mol. The first kappa shape index (κ1) is 14.0. The van der Waals surface area contributed by atoms with Crippen LogP contribution in [0.5, 0.6) is 5.75 Å². The second-order valence-electron chi connectivity index (χ2n) is 6.06. The van der Waals surface area contributed by atoms with E-state index < -0.39 is 0 Å². The maximum Gasteiger partial charge on any atom is 0.227 e. The van der Waals surface area contributed by atoms with Crippen molar-refractivity contribution in [1.82, 2.24) is 0 Å². The second kappa shape index (κ2) is 5.60. The van der Waals surface area contributed by atoms with Crippen LogP contribution in [0.1, 0.15) is 5.56 Å². The minimum Gasteiger partial charge on any atom is -0.438 e. The number of aliphatic imine (C=N–C) groups is 1. The number of para-hydroxylation sites is 1. The topological polar surface area (TPSA) is 21.6 Å². The molecule has 1 heterocycles. The molecule has 2 nitrogen and oxygen atoms in total. The fraction of sp³-hybridized carbons (Fsp3) is 0. The van der Waals surface area contributed by atoms with E-state index in [-0.39, 0.29) is 0 Å². The van der Waals surface area contributed by atoms with E-state index >= 15 is 0 Å². The molecular weight excluding hydrogens is 306 g/mol. The summed E-state index contributed by atoms with van der Waals surface area (Å²) in [5, 5.41) is 2.39. The van der Waals surface area contributed by atoms with Crippen LogP contribution in [-0.4, -0.2) is 5.90 Å². The van der Waals surface area contributed by atoms with Crippen LogP contribution in [0.4, 0.5) is 5.69 Å². The normalized spacial score (nSPS) is 12.6. The van der Waals surface area contributed by atoms with Gasteiger partial charge in [-0.05, 0) is 35.0 Å². The minimum absolute atomic E-state index is 0.627. The summed E-state index contributed by atoms with van der Waals surface area (Å²) >= 11 is 0. The Morgan fingerprint density at radius 3 is 2.32 bits per heavy atom. The van der Waals surface area contributed by atoms with Gasteiger partial charge in [-0.3, -0.25) is 0 Å². The minimum atomic E-state index is 0.627. The van der Waals surface area contributed by atoms with Crippen molar-refractivity contribution in [3.05, 3.63) is 96.6 Å². The number of rotatable bonds is 1. The zero-order valence-corrected chi connectivity index (χ0v) is 13.5. The zero-order valence-electron chi connectivity index (χ0n) is 13.5. The molecule has 0 fully saturated rings. The number of fused-ring (bicyclic) bond motifs is 5. The van der Waals surface area contributed by atoms with Gasteiger partial charge in [0.15, 0.2) is 0 Å². The summed E-state index contributed by atoms with van der Waals surface area (Å²) in [4.78, 5) is 4.87. The number of hydrogen-bond donors (Lipinski definition) is 0. The molecule has 0 aromatic heterocycles. The first-order chi connectivity index (χ1) is 12.4. The fourth-order valence-electron chi connectivity index (χ4n) is 3.34. The van der Waals surface area contributed by atoms with Crippen LogP contribution in [-0.2, 0) is 0 Å². The Bertz CT molecular complexity index is 1110. The van der Waals surface area contributed by atoms with E-state index in [0.717, 1.165) is 28.1 Å². The molecule has 4 aromatic carbocycles. The summed E-state index contributed by atoms with van der Waals surface area (Å²) in [5.41, 5.74) is 4.10. The van der Waals surface area contributed by atoms with Gasteiger partial charge in [-0.15, -0.1) is 0 Å². The van der Waals surface area contributed by atoms with Crippen molar-refractivity contribution in [2.75, 3.05) is 0 Å². The molecule has 0 unspecified atom stereocenters. The Balaban J connectivity index is 1.86. The van der Waals surface area contributed by atoms with Crippen molar-refractivity contribution >= 4 is 22.4 Å². The highest BCUT2D eigenvalue weighted by atomic mass is 16.5. The number of nitrogens with zero attached hydrogens (tertiary/aromatic N) is 1. The maximum atomic E-state index is 6.22. The largest absolute Gasteiger partial charge is 0.438 e. The second-order valence-corrected chi connectivity index (χ2v) is 6.06. The lowest BCUT2D eigenvalue weighted by Crippen LogP contribution is -2.09. The van der Waals surface area contributed by atoms with E-state index in [9.17, 15) is 0 Å². The van der Waals surface area contributed by atoms with Gasteiger partial charge in [0.25, 0.3) is 0 Å². The Hall–Kier alpha value is -3.39. The van der Waals surface area contributed by atoms with E-state index in [0.29, 0.717) is 5.90 Å². The standard InChI is InChI=1S/C23H15NO/c1-2-9-17(10-3-1)23-24-20-15-14-16-8-4-5-11-18(16)22(20)19-12-6-7-13-21(19)25-23/h1-15H. The van der Waals surface area contributed by atoms with Crippen molar-refractivity contribution < 1.29 is 4.74 Å². The van der Waals surface area contributed by atoms with Crippen LogP contribution < -0.4 is 4.74 Å². The molecule has 25 heavy (non-hydrogen) atoms. The summed E-state index contributed by atoms with van der Waals surface area (Å²) in [7, 11) is 0. The van der Waals surface area contributed by atoms with Gasteiger partial charge in [-0.1, -0.05) is 66.7 Å². The first-order valence-corrected chi connectivity index (χ1v) is 8.33. The van der Waals surface area contributed by atoms with E-state index in [4.69, 9.17) is 9.73 Å². The molecule has 4 aromatic rings. The average molecular weight is 321 g/mol. The van der Waals surface area contributed by atoms with Crippen LogP contribution in [0.3, 0.4) is 0 Å². The molecule has 0 saturated carbocycles. The SMILES string of the molecule is c1ccc(C2=Nc3ccc4ccccc4c3-c3ccccc3O2)cc1. The van der Waals surface area contributed by atoms with Gasteiger partial charge in [0, 0.05) is 16.7 Å². The molecule has 118 valence electrons. The van der Waals surface area contributed by atoms with Crippen molar-refractivity contribution in [3.63, 3.8) is 0 Å². The van der Waals surface area contributed by atoms with E-state index in [1.165, 1.54) is 10.8 Å². The fourth-order valence-corrected chi connectivity index (χ4v) is 3.34. The van der Waals surface area contributed by atoms with E-state index in [1.807, 2.05) is 48.5 Å². The summed E-state index contributed by atoms with van der Waals surface area (Å²) in [6.45, 7) is 0. The molecule has 0 atom stereocenters. The lowest BCUT2D eigenvalue weighted by atomic mass is 9.96. The van der Waals surface area contributed by atoms with Gasteiger partial charge in [-0.25, -0.2) is 4.99 Å². The molecule has 5 rings (SSSR count). The van der Waals surface area contributed by atoms with Crippen molar-refractivity contribution in [2.45, 2.75) is 0 Å². The van der Waals surface area contributed by atoms with Crippen LogP contribution in [0, 0.1) is 0 Å². The molecule has 2 heteroatoms. The van der Waals surface area contributed by atoms with Gasteiger partial charge in [-0.2, -0.15) is 0 Å². The van der Waals surface area contributed by atoms with Crippen molar-refractivity contribution in [2.24, 2.45) is 4.99 Å². The third-order valence-electron chi connectivity index (χ3n) is 4.51. The van der Waals surface area contributed by atoms with Crippen LogP contribution in [0.25, 0.3) is 21.9 Å². The Morgan fingerprint density at radius 1 is 0.640 bits per heavy atom. The lowest BCUT2D eigenvalue weighted by molar-refractivity contribution is 0.557. The first-order valence-electron chi connectivity index (χ1n) is 8.33. The molecule has 0 amide bonds. The maximum absolute atomic E-state index is 6.22. The lowest BCUT2D eigenvalue weighted by Gasteiger charge is -2.11. The van der Waals surface area contributed by atoms with Gasteiger partial charge in [0.1, 0.15) is 5.75 Å². The van der Waals surface area contributed by atoms with Gasteiger partial charge >= 0.3 is 0 Å². The molecule has 0 spiro atoms. The summed E-state index contributed by atoms with van der Waals surface area (Å²) < 4.78 is 6.22. The van der Waals surface area contributed by atoms with Gasteiger partial charge in [0.2, 0.25) is 5.90 Å². The smallest absolute Gasteiger partial charge is 0.227 e. The molecule has 0 N–H and O–H groups in total. The molecule has 0 aliphatic carbocycles. The number of ether oxygens (including phenoxy) is 1. The van der Waals surface area contributed by atoms with E-state index in [1.54, 1.807) is 0 Å². The van der Waals surface area contributed by atoms with Gasteiger partial charge in [0.05, 0.1) is 5.69 Å². The van der Waals surface area contributed by atoms with E-state index in [2.05, 4.69) is 42.5 Å². The third kappa shape index (κ3) is 2.31. The molecule has 1 aliphatic heterocycles. The Kier molecular flexibility index (Phi) is 3.14. The molecule has 1 aliphatic rings. The molecule has 0 bridgehead atoms. The summed E-state index contributed by atoms with van der Waals surface area (Å²) in [5.74, 6) is 1.46. The quantitative estimate of drug-likeness (QED) is 0.423. The summed E-state index contributed by atoms with van der Waals surface area (Å²) in [6, 6.07) is 30.8. The Morgan fingerprint density at radius 2 is 1.40 bits per heavy atom. The van der Waals surface area contributed by atoms with Crippen molar-refractivity contribution in [3.8, 4) is 16.9 Å². The third-order valence-corrected chi connectivity index (χ3v) is 4.51. The predicted octanol–water partition coefficient (Wildman–Crippen LogP) is 5.98. The zero-order chi connectivity index (χ0) is 16.6. The van der Waals surface area contributed by atoms with Crippen LogP contribution in [0.2, 0.25) is 0 Å². The average Bonchev–Trinajstić information content (AvgIpc) is 2.85. The van der Waals surface area contributed by atoms with Gasteiger partial charge < -0.3 is 4.74 Å². The number of benzene rings is 4. The highest BCUT2D eigenvalue weighted by molar-refractivity contribution is 6.08. The summed E-state index contributed by atoms with van der Waals surface area (Å²) in [6.07, 6.45) is 0. The molecule has 0 radical (unpaired) electrons. The van der Waals surface area contributed by atoms with Crippen LogP contribution in [0.15, 0.2) is 96.0 Å².